The summed E-state index contributed by atoms with van der Waals surface area (Å²) in [6.07, 6.45) is -5.40. The second-order valence-corrected chi connectivity index (χ2v) is 4.08. The van der Waals surface area contributed by atoms with Crippen LogP contribution in [-0.4, -0.2) is 18.1 Å². The Balaban J connectivity index is 2.70. The van der Waals surface area contributed by atoms with Gasteiger partial charge in [-0.15, -0.1) is 0 Å². The van der Waals surface area contributed by atoms with Gasteiger partial charge in [0.25, 0.3) is 5.91 Å². The molecule has 0 spiro atoms. The lowest BCUT2D eigenvalue weighted by molar-refractivity contribution is -0.138. The molecule has 1 unspecified atom stereocenters. The molecule has 5 N–H and O–H groups in total. The van der Waals surface area contributed by atoms with Crippen molar-refractivity contribution in [1.82, 2.24) is 5.32 Å². The Morgan fingerprint density at radius 2 is 1.78 bits per heavy atom. The molecule has 0 fully saturated rings. The molecule has 7 heteroatoms. The summed E-state index contributed by atoms with van der Waals surface area (Å²) in [6.45, 7) is 1.28. The fraction of sp³-hybridized carbons (Fsp3) is 0.364. The minimum Gasteiger partial charge on any atom is -0.399 e. The van der Waals surface area contributed by atoms with Crippen LogP contribution < -0.4 is 16.8 Å². The number of nitrogens with one attached hydrogen (secondary N) is 1. The van der Waals surface area contributed by atoms with Crippen molar-refractivity contribution in [3.05, 3.63) is 23.8 Å². The molecule has 1 aromatic rings. The number of nitrogen functional groups attached to an aromatic ring is 2. The van der Waals surface area contributed by atoms with Crippen molar-refractivity contribution < 1.29 is 18.0 Å². The van der Waals surface area contributed by atoms with Crippen molar-refractivity contribution in [1.29, 1.82) is 0 Å². The van der Waals surface area contributed by atoms with Crippen LogP contribution in [0.1, 0.15) is 23.7 Å². The summed E-state index contributed by atoms with van der Waals surface area (Å²) in [5.74, 6) is -0.634. The number of carbonyl (C=O) groups excluding carboxylic acids is 1. The van der Waals surface area contributed by atoms with Crippen molar-refractivity contribution in [2.24, 2.45) is 0 Å². The molecule has 0 radical (unpaired) electrons. The van der Waals surface area contributed by atoms with E-state index in [1.165, 1.54) is 25.1 Å². The highest BCUT2D eigenvalue weighted by Gasteiger charge is 2.30. The monoisotopic (exact) mass is 261 g/mol. The van der Waals surface area contributed by atoms with E-state index in [1.807, 2.05) is 0 Å². The normalized spacial score (nSPS) is 13.1. The van der Waals surface area contributed by atoms with Gasteiger partial charge < -0.3 is 16.8 Å². The molecule has 4 nitrogen and oxygen atoms in total. The molecule has 1 atom stereocenters. The number of alkyl halides is 3. The van der Waals surface area contributed by atoms with E-state index in [-0.39, 0.29) is 16.9 Å². The van der Waals surface area contributed by atoms with Crippen molar-refractivity contribution in [3.8, 4) is 0 Å². The molecule has 0 bridgehead atoms. The van der Waals surface area contributed by atoms with E-state index < -0.39 is 24.5 Å². The lowest BCUT2D eigenvalue weighted by atomic mass is 10.1. The lowest BCUT2D eigenvalue weighted by Gasteiger charge is -2.16. The van der Waals surface area contributed by atoms with Gasteiger partial charge in [-0.25, -0.2) is 0 Å². The fourth-order valence-corrected chi connectivity index (χ4v) is 1.51. The largest absolute Gasteiger partial charge is 0.399 e. The number of amides is 1. The minimum absolute atomic E-state index is 0.140. The van der Waals surface area contributed by atoms with E-state index in [2.05, 4.69) is 5.32 Å². The molecule has 0 aliphatic heterocycles. The second kappa shape index (κ2) is 5.16. The molecule has 0 aliphatic rings. The molecule has 1 aromatic carbocycles. The Kier molecular flexibility index (Phi) is 4.05. The highest BCUT2D eigenvalue weighted by atomic mass is 19.4. The van der Waals surface area contributed by atoms with Crippen molar-refractivity contribution in [3.63, 3.8) is 0 Å². The highest BCUT2D eigenvalue weighted by Crippen LogP contribution is 2.21. The van der Waals surface area contributed by atoms with Gasteiger partial charge in [0.1, 0.15) is 0 Å². The van der Waals surface area contributed by atoms with Crippen molar-refractivity contribution in [2.75, 3.05) is 11.5 Å². The zero-order chi connectivity index (χ0) is 13.9. The third kappa shape index (κ3) is 4.52. The van der Waals surface area contributed by atoms with E-state index in [0.29, 0.717) is 0 Å². The molecule has 0 heterocycles. The van der Waals surface area contributed by atoms with E-state index in [1.54, 1.807) is 0 Å². The quantitative estimate of drug-likeness (QED) is 0.727. The number of benzene rings is 1. The molecular weight excluding hydrogens is 247 g/mol. The van der Waals surface area contributed by atoms with E-state index in [0.717, 1.165) is 0 Å². The summed E-state index contributed by atoms with van der Waals surface area (Å²) < 4.78 is 36.3. The number of rotatable bonds is 3. The maximum absolute atomic E-state index is 12.1. The zero-order valence-electron chi connectivity index (χ0n) is 9.71. The molecule has 18 heavy (non-hydrogen) atoms. The molecule has 1 amide bonds. The van der Waals surface area contributed by atoms with E-state index >= 15 is 0 Å². The highest BCUT2D eigenvalue weighted by molar-refractivity contribution is 5.96. The predicted octanol–water partition coefficient (Wildman–Crippen LogP) is 1.92. The van der Waals surface area contributed by atoms with Gasteiger partial charge >= 0.3 is 6.18 Å². The van der Waals surface area contributed by atoms with Crippen LogP contribution in [0.3, 0.4) is 0 Å². The van der Waals surface area contributed by atoms with Crippen molar-refractivity contribution >= 4 is 17.3 Å². The first-order chi connectivity index (χ1) is 8.17. The van der Waals surface area contributed by atoms with Crippen LogP contribution in [0.15, 0.2) is 18.2 Å². The number of carbonyl (C=O) groups is 1. The van der Waals surface area contributed by atoms with Gasteiger partial charge in [-0.1, -0.05) is 0 Å². The average Bonchev–Trinajstić information content (AvgIpc) is 2.12. The Labute approximate surface area is 102 Å². The smallest absolute Gasteiger partial charge is 0.391 e. The first-order valence-electron chi connectivity index (χ1n) is 5.21. The van der Waals surface area contributed by atoms with Crippen LogP contribution in [0.4, 0.5) is 24.5 Å². The van der Waals surface area contributed by atoms with Gasteiger partial charge in [-0.3, -0.25) is 4.79 Å². The zero-order valence-corrected chi connectivity index (χ0v) is 9.71. The predicted molar refractivity (Wildman–Crippen MR) is 62.9 cm³/mol. The third-order valence-electron chi connectivity index (χ3n) is 2.15. The van der Waals surface area contributed by atoms with Gasteiger partial charge in [-0.2, -0.15) is 13.2 Å². The standard InChI is InChI=1S/C11H14F3N3O/c1-6(5-11(12,13)14)17-10(18)7-2-8(15)4-9(16)3-7/h2-4,6H,5,15-16H2,1H3,(H,17,18). The summed E-state index contributed by atoms with van der Waals surface area (Å²) in [7, 11) is 0. The maximum Gasteiger partial charge on any atom is 0.391 e. The molecular formula is C11H14F3N3O. The summed E-state index contributed by atoms with van der Waals surface area (Å²) in [5, 5.41) is 2.24. The van der Waals surface area contributed by atoms with Gasteiger partial charge in [0.05, 0.1) is 6.42 Å². The number of nitrogens with two attached hydrogens (primary N) is 2. The Hall–Kier alpha value is -1.92. The summed E-state index contributed by atoms with van der Waals surface area (Å²) in [4.78, 5) is 11.7. The van der Waals surface area contributed by atoms with Crippen molar-refractivity contribution in [2.45, 2.75) is 25.6 Å². The number of anilines is 2. The van der Waals surface area contributed by atoms with Crippen LogP contribution in [0, 0.1) is 0 Å². The SMILES string of the molecule is CC(CC(F)(F)F)NC(=O)c1cc(N)cc(N)c1. The average molecular weight is 261 g/mol. The van der Waals surface area contributed by atoms with E-state index in [4.69, 9.17) is 11.5 Å². The third-order valence-corrected chi connectivity index (χ3v) is 2.15. The minimum atomic E-state index is -4.32. The molecule has 0 saturated carbocycles. The Bertz CT molecular complexity index is 425. The van der Waals surface area contributed by atoms with Crippen LogP contribution >= 0.6 is 0 Å². The van der Waals surface area contributed by atoms with Crippen LogP contribution in [0.2, 0.25) is 0 Å². The maximum atomic E-state index is 12.1. The number of hydrogen-bond acceptors (Lipinski definition) is 3. The van der Waals surface area contributed by atoms with Crippen LogP contribution in [-0.2, 0) is 0 Å². The summed E-state index contributed by atoms with van der Waals surface area (Å²) >= 11 is 0. The van der Waals surface area contributed by atoms with Gasteiger partial charge in [0, 0.05) is 23.0 Å². The van der Waals surface area contributed by atoms with Gasteiger partial charge in [0.15, 0.2) is 0 Å². The first kappa shape index (κ1) is 14.1. The van der Waals surface area contributed by atoms with Gasteiger partial charge in [-0.05, 0) is 25.1 Å². The number of halogens is 3. The van der Waals surface area contributed by atoms with Gasteiger partial charge in [0.2, 0.25) is 0 Å². The fourth-order valence-electron chi connectivity index (χ4n) is 1.51. The van der Waals surface area contributed by atoms with Crippen LogP contribution in [0.25, 0.3) is 0 Å². The first-order valence-corrected chi connectivity index (χ1v) is 5.21. The van der Waals surface area contributed by atoms with Crippen LogP contribution in [0.5, 0.6) is 0 Å². The second-order valence-electron chi connectivity index (χ2n) is 4.08. The lowest BCUT2D eigenvalue weighted by Crippen LogP contribution is -2.36. The summed E-state index contributed by atoms with van der Waals surface area (Å²) in [6, 6.07) is 3.15. The number of hydrogen-bond donors (Lipinski definition) is 3. The molecule has 100 valence electrons. The molecule has 1 rings (SSSR count). The molecule has 0 aliphatic carbocycles. The molecule has 0 aromatic heterocycles. The Morgan fingerprint density at radius 3 is 2.22 bits per heavy atom. The van der Waals surface area contributed by atoms with E-state index in [9.17, 15) is 18.0 Å². The summed E-state index contributed by atoms with van der Waals surface area (Å²) in [5.41, 5.74) is 11.7. The molecule has 0 saturated heterocycles. The topological polar surface area (TPSA) is 81.1 Å². The Morgan fingerprint density at radius 1 is 1.28 bits per heavy atom.